The van der Waals surface area contributed by atoms with E-state index in [0.717, 1.165) is 6.42 Å². The lowest BCUT2D eigenvalue weighted by molar-refractivity contribution is 0.431. The molecule has 1 aliphatic rings. The highest BCUT2D eigenvalue weighted by molar-refractivity contribution is 7.89. The first-order valence-electron chi connectivity index (χ1n) is 5.62. The Hall–Kier alpha value is -1.04. The normalized spacial score (nSPS) is 17.6. The van der Waals surface area contributed by atoms with E-state index in [4.69, 9.17) is 17.3 Å². The topological polar surface area (TPSA) is 63.4 Å². The number of rotatable bonds is 2. The molecule has 0 radical (unpaired) electrons. The minimum atomic E-state index is -3.47. The molecule has 0 spiro atoms. The predicted octanol–water partition coefficient (Wildman–Crippen LogP) is 2.26. The summed E-state index contributed by atoms with van der Waals surface area (Å²) < 4.78 is 26.2. The Morgan fingerprint density at radius 2 is 2.11 bits per heavy atom. The molecule has 0 aliphatic carbocycles. The molecule has 1 aromatic rings. The van der Waals surface area contributed by atoms with Gasteiger partial charge in [0, 0.05) is 13.1 Å². The first-order chi connectivity index (χ1) is 8.41. The number of halogens is 1. The van der Waals surface area contributed by atoms with Gasteiger partial charge in [0.2, 0.25) is 10.0 Å². The fourth-order valence-electron chi connectivity index (χ4n) is 1.80. The minimum absolute atomic E-state index is 0.192. The quantitative estimate of drug-likeness (QED) is 0.670. The predicted molar refractivity (Wildman–Crippen MR) is 73.0 cm³/mol. The van der Waals surface area contributed by atoms with Crippen LogP contribution < -0.4 is 5.73 Å². The van der Waals surface area contributed by atoms with Crippen LogP contribution in [0.15, 0.2) is 34.7 Å². The molecule has 0 bridgehead atoms. The summed E-state index contributed by atoms with van der Waals surface area (Å²) >= 11 is 5.79. The number of hydrogen-bond donors (Lipinski definition) is 1. The zero-order valence-corrected chi connectivity index (χ0v) is 11.6. The monoisotopic (exact) mass is 286 g/mol. The van der Waals surface area contributed by atoms with Gasteiger partial charge in [0.1, 0.15) is 0 Å². The van der Waals surface area contributed by atoms with E-state index in [9.17, 15) is 8.42 Å². The van der Waals surface area contributed by atoms with Crippen LogP contribution >= 0.6 is 11.6 Å². The molecular weight excluding hydrogens is 272 g/mol. The van der Waals surface area contributed by atoms with Gasteiger partial charge in [0.05, 0.1) is 15.6 Å². The van der Waals surface area contributed by atoms with Crippen LogP contribution in [0.3, 0.4) is 0 Å². The molecule has 2 N–H and O–H groups in total. The van der Waals surface area contributed by atoms with Gasteiger partial charge in [-0.2, -0.15) is 4.31 Å². The van der Waals surface area contributed by atoms with E-state index in [1.54, 1.807) is 0 Å². The zero-order chi connectivity index (χ0) is 13.3. The van der Waals surface area contributed by atoms with E-state index in [1.807, 2.05) is 13.0 Å². The molecular formula is C12H15ClN2O2S. The second-order valence-corrected chi connectivity index (χ2v) is 6.69. The zero-order valence-electron chi connectivity index (χ0n) is 10.1. The van der Waals surface area contributed by atoms with Crippen LogP contribution in [-0.2, 0) is 10.0 Å². The van der Waals surface area contributed by atoms with Gasteiger partial charge in [-0.1, -0.05) is 23.3 Å². The van der Waals surface area contributed by atoms with Crippen molar-refractivity contribution in [3.63, 3.8) is 0 Å². The Kier molecular flexibility index (Phi) is 3.66. The molecule has 0 unspecified atom stereocenters. The van der Waals surface area contributed by atoms with Crippen molar-refractivity contribution in [2.45, 2.75) is 18.2 Å². The number of nitrogens with two attached hydrogens (primary N) is 1. The van der Waals surface area contributed by atoms with Crippen molar-refractivity contribution in [1.82, 2.24) is 4.31 Å². The van der Waals surface area contributed by atoms with Gasteiger partial charge in [0.25, 0.3) is 0 Å². The molecule has 2 rings (SSSR count). The Bertz CT molecular complexity index is 596. The third-order valence-corrected chi connectivity index (χ3v) is 5.21. The molecule has 0 fully saturated rings. The highest BCUT2D eigenvalue weighted by atomic mass is 35.5. The van der Waals surface area contributed by atoms with Gasteiger partial charge >= 0.3 is 0 Å². The molecule has 98 valence electrons. The van der Waals surface area contributed by atoms with Crippen LogP contribution in [0.25, 0.3) is 0 Å². The molecule has 0 aromatic heterocycles. The van der Waals surface area contributed by atoms with Crippen molar-refractivity contribution in [3.8, 4) is 0 Å². The van der Waals surface area contributed by atoms with Crippen molar-refractivity contribution in [1.29, 1.82) is 0 Å². The van der Waals surface area contributed by atoms with Gasteiger partial charge in [-0.15, -0.1) is 0 Å². The molecule has 0 atom stereocenters. The smallest absolute Gasteiger partial charge is 0.243 e. The molecule has 1 heterocycles. The second kappa shape index (κ2) is 4.91. The first-order valence-corrected chi connectivity index (χ1v) is 7.44. The van der Waals surface area contributed by atoms with Crippen LogP contribution in [-0.4, -0.2) is 25.8 Å². The van der Waals surface area contributed by atoms with E-state index < -0.39 is 10.0 Å². The maximum atomic E-state index is 12.4. The molecule has 1 aliphatic heterocycles. The number of nitrogen functional groups attached to an aromatic ring is 1. The third kappa shape index (κ3) is 2.53. The maximum absolute atomic E-state index is 12.4. The molecule has 18 heavy (non-hydrogen) atoms. The Labute approximate surface area is 112 Å². The Balaban J connectivity index is 2.34. The Morgan fingerprint density at radius 3 is 2.67 bits per heavy atom. The van der Waals surface area contributed by atoms with Crippen molar-refractivity contribution in [2.75, 3.05) is 18.8 Å². The summed E-state index contributed by atoms with van der Waals surface area (Å²) in [6.45, 7) is 2.92. The van der Waals surface area contributed by atoms with E-state index >= 15 is 0 Å². The number of benzene rings is 1. The fraction of sp³-hybridized carbons (Fsp3) is 0.333. The van der Waals surface area contributed by atoms with Gasteiger partial charge in [-0.3, -0.25) is 0 Å². The van der Waals surface area contributed by atoms with Gasteiger partial charge in [0.15, 0.2) is 0 Å². The summed E-state index contributed by atoms with van der Waals surface area (Å²) in [6.07, 6.45) is 2.70. The lowest BCUT2D eigenvalue weighted by Gasteiger charge is -2.24. The summed E-state index contributed by atoms with van der Waals surface area (Å²) in [6, 6.07) is 4.40. The number of sulfonamides is 1. The van der Waals surface area contributed by atoms with Crippen molar-refractivity contribution in [3.05, 3.63) is 34.9 Å². The lowest BCUT2D eigenvalue weighted by Crippen LogP contribution is -2.34. The van der Waals surface area contributed by atoms with E-state index in [2.05, 4.69) is 0 Å². The second-order valence-electron chi connectivity index (χ2n) is 4.35. The van der Waals surface area contributed by atoms with Crippen molar-refractivity contribution in [2.24, 2.45) is 0 Å². The standard InChI is InChI=1S/C12H15ClN2O2S/c1-9-4-6-15(7-5-9)18(16,17)10-2-3-11(13)12(14)8-10/h2-4,8H,5-7,14H2,1H3. The SMILES string of the molecule is CC1=CCN(S(=O)(=O)c2ccc(Cl)c(N)c2)CC1. The summed E-state index contributed by atoms with van der Waals surface area (Å²) in [4.78, 5) is 0.192. The van der Waals surface area contributed by atoms with Crippen molar-refractivity contribution < 1.29 is 8.42 Å². The summed E-state index contributed by atoms with van der Waals surface area (Å²) in [5.41, 5.74) is 7.14. The van der Waals surface area contributed by atoms with Crippen LogP contribution in [0.4, 0.5) is 5.69 Å². The van der Waals surface area contributed by atoms with Crippen LogP contribution in [0.1, 0.15) is 13.3 Å². The molecule has 0 saturated heterocycles. The number of hydrogen-bond acceptors (Lipinski definition) is 3. The minimum Gasteiger partial charge on any atom is -0.397 e. The molecule has 0 amide bonds. The highest BCUT2D eigenvalue weighted by Crippen LogP contribution is 2.25. The lowest BCUT2D eigenvalue weighted by atomic mass is 10.1. The van der Waals surface area contributed by atoms with Gasteiger partial charge < -0.3 is 5.73 Å². The average molecular weight is 287 g/mol. The van der Waals surface area contributed by atoms with E-state index in [-0.39, 0.29) is 10.6 Å². The average Bonchev–Trinajstić information content (AvgIpc) is 2.33. The van der Waals surface area contributed by atoms with E-state index in [0.29, 0.717) is 18.1 Å². The molecule has 4 nitrogen and oxygen atoms in total. The summed E-state index contributed by atoms with van der Waals surface area (Å²) in [5, 5.41) is 0.364. The third-order valence-electron chi connectivity index (χ3n) is 3.00. The summed E-state index contributed by atoms with van der Waals surface area (Å²) in [5.74, 6) is 0. The van der Waals surface area contributed by atoms with E-state index in [1.165, 1.54) is 28.1 Å². The number of nitrogens with zero attached hydrogens (tertiary/aromatic N) is 1. The number of anilines is 1. The Morgan fingerprint density at radius 1 is 1.39 bits per heavy atom. The van der Waals surface area contributed by atoms with Crippen LogP contribution in [0.5, 0.6) is 0 Å². The highest BCUT2D eigenvalue weighted by Gasteiger charge is 2.25. The van der Waals surface area contributed by atoms with Gasteiger partial charge in [-0.05, 0) is 31.5 Å². The van der Waals surface area contributed by atoms with Crippen molar-refractivity contribution >= 4 is 27.3 Å². The molecule has 6 heteroatoms. The van der Waals surface area contributed by atoms with Crippen LogP contribution in [0.2, 0.25) is 5.02 Å². The fourth-order valence-corrected chi connectivity index (χ4v) is 3.34. The molecule has 1 aromatic carbocycles. The van der Waals surface area contributed by atoms with Gasteiger partial charge in [-0.25, -0.2) is 8.42 Å². The summed E-state index contributed by atoms with van der Waals surface area (Å²) in [7, 11) is -3.47. The first kappa shape index (κ1) is 13.4. The maximum Gasteiger partial charge on any atom is 0.243 e. The largest absolute Gasteiger partial charge is 0.397 e. The van der Waals surface area contributed by atoms with Crippen LogP contribution in [0, 0.1) is 0 Å². The molecule has 0 saturated carbocycles.